The average molecular weight is 442 g/mol. The number of carbonyl (C=O) groups is 3. The molecule has 0 aliphatic carbocycles. The Hall–Kier alpha value is -3.78. The second kappa shape index (κ2) is 10.8. The first kappa shape index (κ1) is 21.9. The van der Waals surface area contributed by atoms with Crippen molar-refractivity contribution < 1.29 is 23.5 Å². The SMILES string of the molecule is O=C(CCNC(=O)c1ccco1)NNC(=O)c1ccc(COc2ccc(Cl)cc2)cc1. The van der Waals surface area contributed by atoms with Crippen LogP contribution in [0.15, 0.2) is 71.3 Å². The van der Waals surface area contributed by atoms with Gasteiger partial charge in [-0.15, -0.1) is 0 Å². The van der Waals surface area contributed by atoms with Gasteiger partial charge in [-0.2, -0.15) is 0 Å². The number of nitrogens with one attached hydrogen (secondary N) is 3. The third-order valence-corrected chi connectivity index (χ3v) is 4.39. The highest BCUT2D eigenvalue weighted by Gasteiger charge is 2.10. The molecule has 0 aliphatic heterocycles. The van der Waals surface area contributed by atoms with Crippen molar-refractivity contribution in [3.8, 4) is 5.75 Å². The Morgan fingerprint density at radius 1 is 0.903 bits per heavy atom. The molecule has 1 heterocycles. The minimum absolute atomic E-state index is 0.00625. The molecule has 3 aromatic rings. The van der Waals surface area contributed by atoms with Gasteiger partial charge in [0.1, 0.15) is 12.4 Å². The van der Waals surface area contributed by atoms with Crippen molar-refractivity contribution in [3.05, 3.63) is 88.8 Å². The summed E-state index contributed by atoms with van der Waals surface area (Å²) in [6, 6.07) is 16.9. The fourth-order valence-corrected chi connectivity index (χ4v) is 2.62. The molecule has 9 heteroatoms. The van der Waals surface area contributed by atoms with Crippen LogP contribution in [-0.4, -0.2) is 24.3 Å². The lowest BCUT2D eigenvalue weighted by Gasteiger charge is -2.09. The predicted octanol–water partition coefficient (Wildman–Crippen LogP) is 3.09. The van der Waals surface area contributed by atoms with E-state index in [-0.39, 0.29) is 18.7 Å². The fourth-order valence-electron chi connectivity index (χ4n) is 2.50. The van der Waals surface area contributed by atoms with Crippen molar-refractivity contribution in [2.24, 2.45) is 0 Å². The molecule has 8 nitrogen and oxygen atoms in total. The van der Waals surface area contributed by atoms with E-state index >= 15 is 0 Å². The van der Waals surface area contributed by atoms with Crippen LogP contribution in [0.5, 0.6) is 5.75 Å². The zero-order valence-electron chi connectivity index (χ0n) is 16.4. The third kappa shape index (κ3) is 6.90. The Morgan fingerprint density at radius 2 is 1.65 bits per heavy atom. The van der Waals surface area contributed by atoms with Gasteiger partial charge in [-0.1, -0.05) is 23.7 Å². The summed E-state index contributed by atoms with van der Waals surface area (Å²) < 4.78 is 10.6. The smallest absolute Gasteiger partial charge is 0.286 e. The van der Waals surface area contributed by atoms with Crippen LogP contribution < -0.4 is 20.9 Å². The fraction of sp³-hybridized carbons (Fsp3) is 0.136. The van der Waals surface area contributed by atoms with Gasteiger partial charge in [0.2, 0.25) is 5.91 Å². The van der Waals surface area contributed by atoms with E-state index in [4.69, 9.17) is 20.8 Å². The normalized spacial score (nSPS) is 10.2. The van der Waals surface area contributed by atoms with E-state index in [1.165, 1.54) is 12.3 Å². The Balaban J connectivity index is 1.37. The van der Waals surface area contributed by atoms with Crippen LogP contribution in [0, 0.1) is 0 Å². The molecule has 0 fully saturated rings. The first-order valence-electron chi connectivity index (χ1n) is 9.39. The molecule has 0 aliphatic rings. The van der Waals surface area contributed by atoms with Crippen LogP contribution in [-0.2, 0) is 11.4 Å². The second-order valence-electron chi connectivity index (χ2n) is 6.43. The molecule has 0 spiro atoms. The molecule has 3 N–H and O–H groups in total. The summed E-state index contributed by atoms with van der Waals surface area (Å²) in [6.45, 7) is 0.438. The Morgan fingerprint density at radius 3 is 2.32 bits per heavy atom. The lowest BCUT2D eigenvalue weighted by atomic mass is 10.1. The summed E-state index contributed by atoms with van der Waals surface area (Å²) in [5.41, 5.74) is 5.89. The van der Waals surface area contributed by atoms with Gasteiger partial charge in [0.15, 0.2) is 5.76 Å². The highest BCUT2D eigenvalue weighted by Crippen LogP contribution is 2.17. The van der Waals surface area contributed by atoms with Crippen LogP contribution >= 0.6 is 11.6 Å². The van der Waals surface area contributed by atoms with E-state index in [0.29, 0.717) is 22.9 Å². The van der Waals surface area contributed by atoms with Crippen LogP contribution in [0.3, 0.4) is 0 Å². The maximum atomic E-state index is 12.2. The first-order valence-corrected chi connectivity index (χ1v) is 9.77. The van der Waals surface area contributed by atoms with Crippen molar-refractivity contribution in [2.75, 3.05) is 6.54 Å². The molecular formula is C22H20ClN3O5. The molecule has 1 aromatic heterocycles. The first-order chi connectivity index (χ1) is 15.0. The van der Waals surface area contributed by atoms with Crippen molar-refractivity contribution in [2.45, 2.75) is 13.0 Å². The molecule has 3 rings (SSSR count). The summed E-state index contributed by atoms with van der Waals surface area (Å²) in [4.78, 5) is 35.7. The van der Waals surface area contributed by atoms with Gasteiger partial charge in [0.25, 0.3) is 11.8 Å². The van der Waals surface area contributed by atoms with E-state index < -0.39 is 17.7 Å². The standard InChI is InChI=1S/C22H20ClN3O5/c23-17-7-9-18(10-8-17)31-14-15-3-5-16(6-4-15)21(28)26-25-20(27)11-12-24-22(29)19-2-1-13-30-19/h1-10,13H,11-12,14H2,(H,24,29)(H,25,27)(H,26,28). The topological polar surface area (TPSA) is 110 Å². The summed E-state index contributed by atoms with van der Waals surface area (Å²) in [5, 5.41) is 3.18. The highest BCUT2D eigenvalue weighted by atomic mass is 35.5. The molecule has 0 bridgehead atoms. The number of hydrazine groups is 1. The number of ether oxygens (including phenoxy) is 1. The largest absolute Gasteiger partial charge is 0.489 e. The summed E-state index contributed by atoms with van der Waals surface area (Å²) in [5.74, 6) is -0.466. The van der Waals surface area contributed by atoms with E-state index in [9.17, 15) is 14.4 Å². The van der Waals surface area contributed by atoms with Gasteiger partial charge >= 0.3 is 0 Å². The summed E-state index contributed by atoms with van der Waals surface area (Å²) >= 11 is 5.84. The lowest BCUT2D eigenvalue weighted by molar-refractivity contribution is -0.121. The van der Waals surface area contributed by atoms with Crippen molar-refractivity contribution in [1.29, 1.82) is 0 Å². The number of carbonyl (C=O) groups excluding carboxylic acids is 3. The molecular weight excluding hydrogens is 422 g/mol. The minimum atomic E-state index is -0.460. The van der Waals surface area contributed by atoms with E-state index in [1.54, 1.807) is 54.6 Å². The Kier molecular flexibility index (Phi) is 7.67. The molecule has 160 valence electrons. The Labute approximate surface area is 183 Å². The summed E-state index contributed by atoms with van der Waals surface area (Å²) in [7, 11) is 0. The van der Waals surface area contributed by atoms with E-state index in [0.717, 1.165) is 5.56 Å². The molecule has 31 heavy (non-hydrogen) atoms. The van der Waals surface area contributed by atoms with Gasteiger partial charge in [0.05, 0.1) is 6.26 Å². The number of furan rings is 1. The number of halogens is 1. The average Bonchev–Trinajstić information content (AvgIpc) is 3.32. The van der Waals surface area contributed by atoms with Gasteiger partial charge in [0, 0.05) is 23.6 Å². The molecule has 0 saturated carbocycles. The van der Waals surface area contributed by atoms with Gasteiger partial charge in [-0.05, 0) is 54.1 Å². The van der Waals surface area contributed by atoms with Crippen molar-refractivity contribution in [1.82, 2.24) is 16.2 Å². The second-order valence-corrected chi connectivity index (χ2v) is 6.86. The minimum Gasteiger partial charge on any atom is -0.489 e. The van der Waals surface area contributed by atoms with Gasteiger partial charge in [-0.25, -0.2) is 0 Å². The van der Waals surface area contributed by atoms with Crippen LogP contribution in [0.4, 0.5) is 0 Å². The van der Waals surface area contributed by atoms with E-state index in [2.05, 4.69) is 16.2 Å². The molecule has 0 unspecified atom stereocenters. The van der Waals surface area contributed by atoms with Crippen LogP contribution in [0.1, 0.15) is 32.9 Å². The Bertz CT molecular complexity index is 1020. The van der Waals surface area contributed by atoms with Crippen molar-refractivity contribution in [3.63, 3.8) is 0 Å². The quantitative estimate of drug-likeness (QED) is 0.465. The molecule has 0 radical (unpaired) electrons. The highest BCUT2D eigenvalue weighted by molar-refractivity contribution is 6.30. The lowest BCUT2D eigenvalue weighted by Crippen LogP contribution is -2.42. The number of rotatable bonds is 8. The van der Waals surface area contributed by atoms with Crippen LogP contribution in [0.2, 0.25) is 5.02 Å². The number of amides is 3. The van der Waals surface area contributed by atoms with Crippen molar-refractivity contribution >= 4 is 29.3 Å². The maximum Gasteiger partial charge on any atom is 0.286 e. The zero-order chi connectivity index (χ0) is 22.1. The van der Waals surface area contributed by atoms with Crippen LogP contribution in [0.25, 0.3) is 0 Å². The summed E-state index contributed by atoms with van der Waals surface area (Å²) in [6.07, 6.45) is 1.38. The predicted molar refractivity (Wildman–Crippen MR) is 113 cm³/mol. The number of hydrogen-bond donors (Lipinski definition) is 3. The number of benzene rings is 2. The maximum absolute atomic E-state index is 12.2. The third-order valence-electron chi connectivity index (χ3n) is 4.13. The van der Waals surface area contributed by atoms with E-state index in [1.807, 2.05) is 0 Å². The molecule has 0 atom stereocenters. The number of hydrogen-bond acceptors (Lipinski definition) is 5. The molecule has 0 saturated heterocycles. The van der Waals surface area contributed by atoms with Gasteiger partial charge < -0.3 is 14.5 Å². The zero-order valence-corrected chi connectivity index (χ0v) is 17.1. The molecule has 3 amide bonds. The van der Waals surface area contributed by atoms with Gasteiger partial charge in [-0.3, -0.25) is 25.2 Å². The monoisotopic (exact) mass is 441 g/mol. The molecule has 2 aromatic carbocycles.